The van der Waals surface area contributed by atoms with Crippen molar-refractivity contribution >= 4 is 19.8 Å². The number of likely N-dealkylation sites (N-methyl/N-ethyl adjacent to an activating group) is 1. The van der Waals surface area contributed by atoms with Gasteiger partial charge in [-0.3, -0.25) is 18.6 Å². The zero-order valence-corrected chi connectivity index (χ0v) is 38.3. The van der Waals surface area contributed by atoms with Gasteiger partial charge in [-0.2, -0.15) is 0 Å². The number of phosphoric acid groups is 1. The van der Waals surface area contributed by atoms with Gasteiger partial charge in [0.1, 0.15) is 19.8 Å². The molecule has 0 bridgehead atoms. The topological polar surface area (TPSA) is 108 Å². The highest BCUT2D eigenvalue weighted by Crippen LogP contribution is 2.43. The number of phosphoric ester groups is 1. The summed E-state index contributed by atoms with van der Waals surface area (Å²) in [5, 5.41) is 0. The van der Waals surface area contributed by atoms with E-state index in [4.69, 9.17) is 18.5 Å². The lowest BCUT2D eigenvalue weighted by molar-refractivity contribution is -0.870. The molecule has 0 aromatic heterocycles. The van der Waals surface area contributed by atoms with Gasteiger partial charge in [-0.15, -0.1) is 0 Å². The first-order valence-electron chi connectivity index (χ1n) is 23.4. The molecule has 332 valence electrons. The van der Waals surface area contributed by atoms with Gasteiger partial charge in [-0.1, -0.05) is 180 Å². The fraction of sp³-hybridized carbons (Fsp3) is 0.913. The molecule has 0 fully saturated rings. The molecule has 0 saturated carbocycles. The van der Waals surface area contributed by atoms with E-state index in [9.17, 15) is 19.0 Å². The molecule has 56 heavy (non-hydrogen) atoms. The lowest BCUT2D eigenvalue weighted by atomic mass is 10.0. The van der Waals surface area contributed by atoms with Crippen molar-refractivity contribution in [1.29, 1.82) is 0 Å². The summed E-state index contributed by atoms with van der Waals surface area (Å²) in [6, 6.07) is 0. The quantitative estimate of drug-likeness (QED) is 0.0213. The van der Waals surface area contributed by atoms with Crippen molar-refractivity contribution in [2.75, 3.05) is 47.5 Å². The second-order valence-corrected chi connectivity index (χ2v) is 18.6. The van der Waals surface area contributed by atoms with Crippen LogP contribution in [0.15, 0.2) is 12.2 Å². The zero-order valence-electron chi connectivity index (χ0n) is 37.4. The fourth-order valence-electron chi connectivity index (χ4n) is 6.60. The average molecular weight is 817 g/mol. The summed E-state index contributed by atoms with van der Waals surface area (Å²) in [4.78, 5) is 35.4. The number of nitrogens with zero attached hydrogens (tertiary/aromatic N) is 1. The maximum Gasteiger partial charge on any atom is 0.472 e. The predicted molar refractivity (Wildman–Crippen MR) is 234 cm³/mol. The summed E-state index contributed by atoms with van der Waals surface area (Å²) in [5.41, 5.74) is 0. The molecule has 9 nitrogen and oxygen atoms in total. The van der Waals surface area contributed by atoms with Gasteiger partial charge >= 0.3 is 19.8 Å². The number of carbonyl (C=O) groups is 2. The molecule has 0 rings (SSSR count). The Morgan fingerprint density at radius 1 is 0.536 bits per heavy atom. The third-order valence-corrected chi connectivity index (χ3v) is 11.3. The highest BCUT2D eigenvalue weighted by Gasteiger charge is 2.27. The minimum absolute atomic E-state index is 0.0322. The number of carbonyl (C=O) groups excluding carboxylic acids is 2. The Bertz CT molecular complexity index is 969. The van der Waals surface area contributed by atoms with Crippen LogP contribution in [-0.2, 0) is 32.7 Å². The molecule has 0 aliphatic heterocycles. The lowest BCUT2D eigenvalue weighted by Crippen LogP contribution is -2.37. The number of ether oxygens (including phenoxy) is 2. The number of allylic oxidation sites excluding steroid dienone is 2. The summed E-state index contributed by atoms with van der Waals surface area (Å²) in [6.45, 7) is 4.43. The number of rotatable bonds is 43. The van der Waals surface area contributed by atoms with Crippen LogP contribution in [0.3, 0.4) is 0 Å². The number of esters is 2. The van der Waals surface area contributed by atoms with Crippen molar-refractivity contribution in [3.8, 4) is 0 Å². The Morgan fingerprint density at radius 3 is 1.36 bits per heavy atom. The number of quaternary nitrogens is 1. The first kappa shape index (κ1) is 54.8. The van der Waals surface area contributed by atoms with Crippen LogP contribution in [-0.4, -0.2) is 74.9 Å². The van der Waals surface area contributed by atoms with Gasteiger partial charge in [0.15, 0.2) is 6.10 Å². The van der Waals surface area contributed by atoms with E-state index in [-0.39, 0.29) is 32.0 Å². The third-order valence-electron chi connectivity index (χ3n) is 10.3. The van der Waals surface area contributed by atoms with E-state index in [1.54, 1.807) is 0 Å². The third kappa shape index (κ3) is 42.4. The Labute approximate surface area is 346 Å². The van der Waals surface area contributed by atoms with E-state index < -0.39 is 26.5 Å². The zero-order chi connectivity index (χ0) is 41.4. The Balaban J connectivity index is 4.31. The van der Waals surface area contributed by atoms with Crippen LogP contribution in [0, 0.1) is 0 Å². The molecule has 0 saturated heterocycles. The molecule has 0 aliphatic rings. The molecular formula is C46H91NO8P+. The van der Waals surface area contributed by atoms with Crippen molar-refractivity contribution in [3.05, 3.63) is 12.2 Å². The van der Waals surface area contributed by atoms with Crippen LogP contribution in [0.25, 0.3) is 0 Å². The summed E-state index contributed by atoms with van der Waals surface area (Å²) < 4.78 is 34.3. The highest BCUT2D eigenvalue weighted by molar-refractivity contribution is 7.47. The second kappa shape index (κ2) is 39.2. The molecule has 0 radical (unpaired) electrons. The van der Waals surface area contributed by atoms with Crippen molar-refractivity contribution in [2.45, 2.75) is 225 Å². The molecule has 0 amide bonds. The maximum absolute atomic E-state index is 12.7. The monoisotopic (exact) mass is 817 g/mol. The van der Waals surface area contributed by atoms with E-state index in [2.05, 4.69) is 26.0 Å². The van der Waals surface area contributed by atoms with E-state index in [1.807, 2.05) is 21.1 Å². The molecule has 0 aromatic carbocycles. The van der Waals surface area contributed by atoms with E-state index in [0.717, 1.165) is 32.1 Å². The SMILES string of the molecule is CCCCCCCCCCC/C=C/CCCCC(=O)OC[C@H](COP(=O)(O)OCC[N+](C)(C)C)OC(=O)CCCCCCCCCCCCCCCCCCC. The van der Waals surface area contributed by atoms with Gasteiger partial charge in [0.2, 0.25) is 0 Å². The van der Waals surface area contributed by atoms with Gasteiger partial charge in [-0.05, 0) is 38.5 Å². The van der Waals surface area contributed by atoms with Gasteiger partial charge < -0.3 is 18.9 Å². The van der Waals surface area contributed by atoms with Crippen molar-refractivity contribution in [3.63, 3.8) is 0 Å². The van der Waals surface area contributed by atoms with Crippen molar-refractivity contribution < 1.29 is 42.1 Å². The normalized spacial score (nSPS) is 13.6. The molecule has 0 spiro atoms. The molecule has 10 heteroatoms. The van der Waals surface area contributed by atoms with Crippen molar-refractivity contribution in [1.82, 2.24) is 0 Å². The van der Waals surface area contributed by atoms with Crippen molar-refractivity contribution in [2.24, 2.45) is 0 Å². The first-order valence-corrected chi connectivity index (χ1v) is 24.9. The molecule has 0 aliphatic carbocycles. The Hall–Kier alpha value is -1.25. The van der Waals surface area contributed by atoms with Gasteiger partial charge in [-0.25, -0.2) is 4.57 Å². The predicted octanol–water partition coefficient (Wildman–Crippen LogP) is 13.4. The molecular weight excluding hydrogens is 725 g/mol. The van der Waals surface area contributed by atoms with Gasteiger partial charge in [0, 0.05) is 12.8 Å². The molecule has 1 unspecified atom stereocenters. The second-order valence-electron chi connectivity index (χ2n) is 17.1. The summed E-state index contributed by atoms with van der Waals surface area (Å²) in [5.74, 6) is -0.812. The minimum Gasteiger partial charge on any atom is -0.462 e. The van der Waals surface area contributed by atoms with Crippen LogP contribution in [0.1, 0.15) is 219 Å². The first-order chi connectivity index (χ1) is 27.0. The minimum atomic E-state index is -4.37. The summed E-state index contributed by atoms with van der Waals surface area (Å²) >= 11 is 0. The Kier molecular flexibility index (Phi) is 38.3. The number of hydrogen-bond acceptors (Lipinski definition) is 7. The van der Waals surface area contributed by atoms with Crippen LogP contribution < -0.4 is 0 Å². The molecule has 0 aromatic rings. The summed E-state index contributed by atoms with van der Waals surface area (Å²) in [7, 11) is 1.48. The highest BCUT2D eigenvalue weighted by atomic mass is 31.2. The van der Waals surface area contributed by atoms with E-state index >= 15 is 0 Å². The number of hydrogen-bond donors (Lipinski definition) is 1. The fourth-order valence-corrected chi connectivity index (χ4v) is 7.34. The molecule has 0 heterocycles. The largest absolute Gasteiger partial charge is 0.472 e. The standard InChI is InChI=1S/C46H90NO8P/c1-6-8-10-12-14-16-18-20-22-23-25-27-29-31-33-35-37-39-46(49)55-44(43-54-56(50,51)53-41-40-47(3,4)5)42-52-45(48)38-36-34-32-30-28-26-24-21-19-17-15-13-11-9-7-2/h28,30,44H,6-27,29,31-43H2,1-5H3/p+1/b30-28+/t44-/m1/s1. The van der Waals surface area contributed by atoms with Gasteiger partial charge in [0.25, 0.3) is 0 Å². The van der Waals surface area contributed by atoms with Crippen LogP contribution in [0.4, 0.5) is 0 Å². The van der Waals surface area contributed by atoms with E-state index in [0.29, 0.717) is 23.9 Å². The number of unbranched alkanes of at least 4 members (excludes halogenated alkanes) is 27. The van der Waals surface area contributed by atoms with Crippen LogP contribution >= 0.6 is 7.82 Å². The smallest absolute Gasteiger partial charge is 0.462 e. The molecule has 2 atom stereocenters. The summed E-state index contributed by atoms with van der Waals surface area (Å²) in [6.07, 6.45) is 41.1. The lowest BCUT2D eigenvalue weighted by Gasteiger charge is -2.24. The average Bonchev–Trinajstić information content (AvgIpc) is 3.15. The van der Waals surface area contributed by atoms with Crippen LogP contribution in [0.5, 0.6) is 0 Å². The van der Waals surface area contributed by atoms with Gasteiger partial charge in [0.05, 0.1) is 27.7 Å². The Morgan fingerprint density at radius 2 is 0.911 bits per heavy atom. The van der Waals surface area contributed by atoms with Crippen LogP contribution in [0.2, 0.25) is 0 Å². The molecule has 1 N–H and O–H groups in total. The van der Waals surface area contributed by atoms with E-state index in [1.165, 1.54) is 148 Å². The maximum atomic E-state index is 12.7.